The lowest BCUT2D eigenvalue weighted by Crippen LogP contribution is -2.34. The van der Waals surface area contributed by atoms with Crippen LogP contribution in [0, 0.1) is 5.92 Å². The van der Waals surface area contributed by atoms with E-state index >= 15 is 0 Å². The number of nitrogens with two attached hydrogens (primary N) is 1. The van der Waals surface area contributed by atoms with Gasteiger partial charge in [-0.25, -0.2) is 0 Å². The molecule has 1 aliphatic rings. The summed E-state index contributed by atoms with van der Waals surface area (Å²) in [5.74, 6) is 0.889. The summed E-state index contributed by atoms with van der Waals surface area (Å²) in [5.41, 5.74) is 7.43. The maximum atomic E-state index is 12.2. The lowest BCUT2D eigenvalue weighted by molar-refractivity contribution is 0.0932. The molecule has 0 aliphatic heterocycles. The molecule has 1 saturated carbocycles. The van der Waals surface area contributed by atoms with E-state index in [0.717, 1.165) is 36.3 Å². The van der Waals surface area contributed by atoms with Crippen molar-refractivity contribution >= 4 is 5.91 Å². The first-order valence-corrected chi connectivity index (χ1v) is 7.32. The van der Waals surface area contributed by atoms with Crippen LogP contribution >= 0.6 is 0 Å². The normalized spacial score (nSPS) is 16.1. The number of hydrogen-bond donors (Lipinski definition) is 2. The van der Waals surface area contributed by atoms with Crippen LogP contribution in [0.4, 0.5) is 0 Å². The van der Waals surface area contributed by atoms with E-state index in [1.165, 1.54) is 12.8 Å². The Kier molecular flexibility index (Phi) is 4.97. The number of hydrogen-bond acceptors (Lipinski definition) is 2. The number of rotatable bonds is 7. The van der Waals surface area contributed by atoms with Crippen molar-refractivity contribution in [2.24, 2.45) is 11.7 Å². The Morgan fingerprint density at radius 2 is 2.26 bits per heavy atom. The summed E-state index contributed by atoms with van der Waals surface area (Å²) in [6.07, 6.45) is 5.62. The van der Waals surface area contributed by atoms with Gasteiger partial charge in [0.05, 0.1) is 0 Å². The average Bonchev–Trinajstić information content (AvgIpc) is 3.22. The molecule has 1 atom stereocenters. The zero-order valence-electron chi connectivity index (χ0n) is 11.7. The molecular weight excluding hydrogens is 236 g/mol. The van der Waals surface area contributed by atoms with Gasteiger partial charge in [0.1, 0.15) is 0 Å². The molecule has 1 aromatic rings. The second-order valence-corrected chi connectivity index (χ2v) is 5.50. The Morgan fingerprint density at radius 3 is 2.89 bits per heavy atom. The summed E-state index contributed by atoms with van der Waals surface area (Å²) >= 11 is 0. The summed E-state index contributed by atoms with van der Waals surface area (Å²) < 4.78 is 0. The molecule has 0 saturated heterocycles. The Morgan fingerprint density at radius 1 is 1.47 bits per heavy atom. The van der Waals surface area contributed by atoms with Crippen LogP contribution < -0.4 is 11.1 Å². The molecule has 3 heteroatoms. The van der Waals surface area contributed by atoms with E-state index in [2.05, 4.69) is 12.2 Å². The van der Waals surface area contributed by atoms with Crippen LogP contribution in [0.3, 0.4) is 0 Å². The Balaban J connectivity index is 1.95. The molecule has 3 nitrogen and oxygen atoms in total. The van der Waals surface area contributed by atoms with Crippen LogP contribution in [0.15, 0.2) is 24.3 Å². The fourth-order valence-electron chi connectivity index (χ4n) is 2.39. The Labute approximate surface area is 115 Å². The minimum atomic E-state index is 0.0476. The zero-order chi connectivity index (χ0) is 13.7. The van der Waals surface area contributed by atoms with Crippen LogP contribution in [-0.4, -0.2) is 18.5 Å². The van der Waals surface area contributed by atoms with E-state index in [9.17, 15) is 4.79 Å². The number of carbonyl (C=O) groups is 1. The van der Waals surface area contributed by atoms with Crippen LogP contribution in [0.5, 0.6) is 0 Å². The van der Waals surface area contributed by atoms with Gasteiger partial charge in [0.15, 0.2) is 0 Å². The molecule has 0 heterocycles. The third-order valence-electron chi connectivity index (χ3n) is 3.76. The molecule has 1 amide bonds. The molecule has 0 aromatic heterocycles. The van der Waals surface area contributed by atoms with Crippen molar-refractivity contribution in [1.29, 1.82) is 0 Å². The highest BCUT2D eigenvalue weighted by Crippen LogP contribution is 2.34. The van der Waals surface area contributed by atoms with Crippen molar-refractivity contribution in [2.45, 2.75) is 45.1 Å². The molecule has 1 fully saturated rings. The van der Waals surface area contributed by atoms with E-state index < -0.39 is 0 Å². The minimum Gasteiger partial charge on any atom is -0.349 e. The first kappa shape index (κ1) is 14.1. The van der Waals surface area contributed by atoms with Gasteiger partial charge in [-0.2, -0.15) is 0 Å². The number of amides is 1. The molecule has 0 radical (unpaired) electrons. The maximum absolute atomic E-state index is 12.2. The van der Waals surface area contributed by atoms with Crippen LogP contribution in [0.2, 0.25) is 0 Å². The summed E-state index contributed by atoms with van der Waals surface area (Å²) in [7, 11) is 0. The van der Waals surface area contributed by atoms with Crippen LogP contribution in [-0.2, 0) is 6.42 Å². The highest BCUT2D eigenvalue weighted by atomic mass is 16.1. The third kappa shape index (κ3) is 4.35. The molecule has 3 N–H and O–H groups in total. The van der Waals surface area contributed by atoms with Gasteiger partial charge < -0.3 is 11.1 Å². The van der Waals surface area contributed by atoms with Crippen LogP contribution in [0.1, 0.15) is 48.5 Å². The van der Waals surface area contributed by atoms with Gasteiger partial charge in [-0.3, -0.25) is 4.79 Å². The van der Waals surface area contributed by atoms with Crippen LogP contribution in [0.25, 0.3) is 0 Å². The predicted octanol–water partition coefficient (Wildman–Crippen LogP) is 2.50. The smallest absolute Gasteiger partial charge is 0.251 e. The summed E-state index contributed by atoms with van der Waals surface area (Å²) in [4.78, 5) is 12.2. The maximum Gasteiger partial charge on any atom is 0.251 e. The number of benzene rings is 1. The molecule has 1 unspecified atom stereocenters. The quantitative estimate of drug-likeness (QED) is 0.791. The van der Waals surface area contributed by atoms with Gasteiger partial charge in [-0.15, -0.1) is 0 Å². The highest BCUT2D eigenvalue weighted by molar-refractivity contribution is 5.94. The number of nitrogens with one attached hydrogen (secondary N) is 1. The van der Waals surface area contributed by atoms with Crippen molar-refractivity contribution in [1.82, 2.24) is 5.32 Å². The molecule has 1 aromatic carbocycles. The fourth-order valence-corrected chi connectivity index (χ4v) is 2.39. The Hall–Kier alpha value is -1.35. The number of carbonyl (C=O) groups excluding carboxylic acids is 1. The van der Waals surface area contributed by atoms with Gasteiger partial charge in [-0.1, -0.05) is 31.9 Å². The first-order valence-electron chi connectivity index (χ1n) is 7.32. The summed E-state index contributed by atoms with van der Waals surface area (Å²) in [5, 5.41) is 3.15. The molecular formula is C16H24N2O. The molecule has 104 valence electrons. The summed E-state index contributed by atoms with van der Waals surface area (Å²) in [6.45, 7) is 2.75. The van der Waals surface area contributed by atoms with Crippen molar-refractivity contribution in [2.75, 3.05) is 6.54 Å². The predicted molar refractivity (Wildman–Crippen MR) is 78.1 cm³/mol. The van der Waals surface area contributed by atoms with Crippen molar-refractivity contribution in [3.63, 3.8) is 0 Å². The van der Waals surface area contributed by atoms with Gasteiger partial charge in [0.25, 0.3) is 5.91 Å². The molecule has 2 rings (SSSR count). The largest absolute Gasteiger partial charge is 0.349 e. The van der Waals surface area contributed by atoms with Gasteiger partial charge in [0.2, 0.25) is 0 Å². The van der Waals surface area contributed by atoms with Crippen molar-refractivity contribution in [3.8, 4) is 0 Å². The minimum absolute atomic E-state index is 0.0476. The lowest BCUT2D eigenvalue weighted by atomic mass is 10.1. The fraction of sp³-hybridized carbons (Fsp3) is 0.562. The second kappa shape index (κ2) is 6.71. The molecule has 0 bridgehead atoms. The third-order valence-corrected chi connectivity index (χ3v) is 3.76. The van der Waals surface area contributed by atoms with Gasteiger partial charge in [-0.05, 0) is 49.4 Å². The lowest BCUT2D eigenvalue weighted by Gasteiger charge is -2.17. The SMILES string of the molecule is CCC(CC1CC1)NC(=O)c1cccc(CCN)c1. The van der Waals surface area contributed by atoms with E-state index in [-0.39, 0.29) is 5.91 Å². The highest BCUT2D eigenvalue weighted by Gasteiger charge is 2.25. The summed E-state index contributed by atoms with van der Waals surface area (Å²) in [6, 6.07) is 8.09. The van der Waals surface area contributed by atoms with E-state index in [4.69, 9.17) is 5.73 Å². The standard InChI is InChI=1S/C16H24N2O/c1-2-15(11-13-6-7-13)18-16(19)14-5-3-4-12(10-14)8-9-17/h3-5,10,13,15H,2,6-9,11,17H2,1H3,(H,18,19). The Bertz CT molecular complexity index is 427. The van der Waals surface area contributed by atoms with E-state index in [0.29, 0.717) is 12.6 Å². The zero-order valence-corrected chi connectivity index (χ0v) is 11.7. The second-order valence-electron chi connectivity index (χ2n) is 5.50. The van der Waals surface area contributed by atoms with Gasteiger partial charge >= 0.3 is 0 Å². The monoisotopic (exact) mass is 260 g/mol. The molecule has 0 spiro atoms. The molecule has 1 aliphatic carbocycles. The van der Waals surface area contributed by atoms with Gasteiger partial charge in [0, 0.05) is 11.6 Å². The van der Waals surface area contributed by atoms with E-state index in [1.54, 1.807) is 0 Å². The van der Waals surface area contributed by atoms with Crippen molar-refractivity contribution < 1.29 is 4.79 Å². The topological polar surface area (TPSA) is 55.1 Å². The average molecular weight is 260 g/mol. The van der Waals surface area contributed by atoms with Crippen molar-refractivity contribution in [3.05, 3.63) is 35.4 Å². The molecule has 19 heavy (non-hydrogen) atoms. The first-order chi connectivity index (χ1) is 9.22. The van der Waals surface area contributed by atoms with E-state index in [1.807, 2.05) is 24.3 Å².